The molecule has 1 aliphatic carbocycles. The molecule has 1 saturated heterocycles. The molecular formula is C20H27NO5. The summed E-state index contributed by atoms with van der Waals surface area (Å²) >= 11 is 0. The summed E-state index contributed by atoms with van der Waals surface area (Å²) in [6.45, 7) is 7.54. The molecule has 0 spiro atoms. The van der Waals surface area contributed by atoms with Crippen LogP contribution in [0, 0.1) is 5.41 Å². The maximum Gasteiger partial charge on any atom is 0.326 e. The Labute approximate surface area is 153 Å². The van der Waals surface area contributed by atoms with E-state index in [-0.39, 0.29) is 18.1 Å². The van der Waals surface area contributed by atoms with Gasteiger partial charge in [-0.05, 0) is 50.0 Å². The van der Waals surface area contributed by atoms with E-state index in [0.717, 1.165) is 0 Å². The van der Waals surface area contributed by atoms with Gasteiger partial charge in [-0.15, -0.1) is 0 Å². The van der Waals surface area contributed by atoms with Gasteiger partial charge in [0.05, 0.1) is 0 Å². The Morgan fingerprint density at radius 1 is 1.35 bits per heavy atom. The number of hydrogen-bond donors (Lipinski definition) is 2. The normalized spacial score (nSPS) is 29.2. The van der Waals surface area contributed by atoms with Gasteiger partial charge in [-0.2, -0.15) is 0 Å². The zero-order valence-corrected chi connectivity index (χ0v) is 15.8. The third-order valence-electron chi connectivity index (χ3n) is 5.39. The number of carboxylic acid groups (broad SMARTS) is 1. The Hall–Kier alpha value is -2.21. The summed E-state index contributed by atoms with van der Waals surface area (Å²) in [5.74, 6) is -1.34. The van der Waals surface area contributed by atoms with E-state index in [4.69, 9.17) is 0 Å². The van der Waals surface area contributed by atoms with Crippen molar-refractivity contribution in [2.75, 3.05) is 6.54 Å². The molecule has 142 valence electrons. The number of ketones is 1. The highest BCUT2D eigenvalue weighted by Crippen LogP contribution is 2.44. The van der Waals surface area contributed by atoms with Gasteiger partial charge in [-0.1, -0.05) is 19.9 Å². The number of carbonyl (C=O) groups excluding carboxylic acids is 2. The van der Waals surface area contributed by atoms with Crippen LogP contribution < -0.4 is 0 Å². The standard InChI is InChI=1S/C20H27NO5/c1-13(10-17(23)21-9-5-6-16(21)18(24)25)7-8-20(26)14(2)11-15(22)12-19(20,3)4/h7-8,10-11,16,26H,5-6,9,12H2,1-4H3,(H,24,25)/b8-7+,13-10-/t16-,20+/m0/s1. The van der Waals surface area contributed by atoms with Crippen LogP contribution in [0.1, 0.15) is 47.0 Å². The molecule has 0 saturated carbocycles. The van der Waals surface area contributed by atoms with E-state index in [1.165, 1.54) is 17.1 Å². The molecule has 1 aliphatic heterocycles. The minimum Gasteiger partial charge on any atom is -0.480 e. The van der Waals surface area contributed by atoms with Crippen molar-refractivity contribution in [1.82, 2.24) is 4.90 Å². The van der Waals surface area contributed by atoms with Gasteiger partial charge in [-0.25, -0.2) is 4.79 Å². The Morgan fingerprint density at radius 3 is 2.58 bits per heavy atom. The van der Waals surface area contributed by atoms with Crippen molar-refractivity contribution in [2.24, 2.45) is 5.41 Å². The molecule has 1 amide bonds. The number of amides is 1. The zero-order chi connectivity index (χ0) is 19.7. The van der Waals surface area contributed by atoms with Gasteiger partial charge in [0.1, 0.15) is 11.6 Å². The molecule has 2 atom stereocenters. The SMILES string of the molecule is CC1=CC(=O)CC(C)(C)[C@@]1(O)/C=C/C(C)=C\C(=O)N1CCC[C@H]1C(=O)O. The molecule has 1 heterocycles. The Bertz CT molecular complexity index is 716. The first kappa shape index (κ1) is 20.1. The molecule has 0 aromatic rings. The largest absolute Gasteiger partial charge is 0.480 e. The Kier molecular flexibility index (Phi) is 5.56. The molecule has 0 aromatic heterocycles. The third kappa shape index (κ3) is 3.80. The summed E-state index contributed by atoms with van der Waals surface area (Å²) in [5, 5.41) is 20.3. The monoisotopic (exact) mass is 361 g/mol. The van der Waals surface area contributed by atoms with Gasteiger partial charge in [0.25, 0.3) is 0 Å². The van der Waals surface area contributed by atoms with Gasteiger partial charge in [-0.3, -0.25) is 9.59 Å². The average molecular weight is 361 g/mol. The highest BCUT2D eigenvalue weighted by Gasteiger charge is 2.46. The summed E-state index contributed by atoms with van der Waals surface area (Å²) in [5.41, 5.74) is -0.761. The molecule has 0 radical (unpaired) electrons. The van der Waals surface area contributed by atoms with Crippen molar-refractivity contribution in [2.45, 2.75) is 58.6 Å². The fraction of sp³-hybridized carbons (Fsp3) is 0.550. The van der Waals surface area contributed by atoms with E-state index in [1.807, 2.05) is 13.8 Å². The molecule has 0 aromatic carbocycles. The molecule has 0 unspecified atom stereocenters. The van der Waals surface area contributed by atoms with Crippen LogP contribution in [0.5, 0.6) is 0 Å². The van der Waals surface area contributed by atoms with Gasteiger partial charge in [0, 0.05) is 24.5 Å². The van der Waals surface area contributed by atoms with Gasteiger partial charge in [0.2, 0.25) is 5.91 Å². The number of nitrogens with zero attached hydrogens (tertiary/aromatic N) is 1. The van der Waals surface area contributed by atoms with Gasteiger partial charge >= 0.3 is 5.97 Å². The molecule has 2 aliphatic rings. The first-order chi connectivity index (χ1) is 12.0. The lowest BCUT2D eigenvalue weighted by Gasteiger charge is -2.44. The third-order valence-corrected chi connectivity index (χ3v) is 5.39. The molecule has 6 nitrogen and oxygen atoms in total. The van der Waals surface area contributed by atoms with Crippen molar-refractivity contribution in [1.29, 1.82) is 0 Å². The number of carbonyl (C=O) groups is 3. The predicted octanol–water partition coefficient (Wildman–Crippen LogP) is 2.24. The summed E-state index contributed by atoms with van der Waals surface area (Å²) in [6, 6.07) is -0.770. The lowest BCUT2D eigenvalue weighted by Crippen LogP contribution is -2.48. The lowest BCUT2D eigenvalue weighted by atomic mass is 9.64. The lowest BCUT2D eigenvalue weighted by molar-refractivity contribution is -0.146. The molecule has 2 rings (SSSR count). The van der Waals surface area contributed by atoms with E-state index >= 15 is 0 Å². The molecule has 0 bridgehead atoms. The number of aliphatic carboxylic acids is 1. The fourth-order valence-electron chi connectivity index (χ4n) is 3.73. The van der Waals surface area contributed by atoms with Crippen molar-refractivity contribution < 1.29 is 24.6 Å². The molecule has 1 fully saturated rings. The summed E-state index contributed by atoms with van der Waals surface area (Å²) < 4.78 is 0. The van der Waals surface area contributed by atoms with Gasteiger partial charge < -0.3 is 15.1 Å². The van der Waals surface area contributed by atoms with E-state index in [9.17, 15) is 24.6 Å². The fourth-order valence-corrected chi connectivity index (χ4v) is 3.73. The van der Waals surface area contributed by atoms with Crippen LogP contribution in [-0.2, 0) is 14.4 Å². The maximum absolute atomic E-state index is 12.4. The van der Waals surface area contributed by atoms with Crippen molar-refractivity contribution in [3.63, 3.8) is 0 Å². The first-order valence-corrected chi connectivity index (χ1v) is 8.83. The van der Waals surface area contributed by atoms with Crippen LogP contribution in [0.4, 0.5) is 0 Å². The van der Waals surface area contributed by atoms with Crippen LogP contribution in [0.2, 0.25) is 0 Å². The minimum atomic E-state index is -1.28. The molecular weight excluding hydrogens is 334 g/mol. The quantitative estimate of drug-likeness (QED) is 0.591. The van der Waals surface area contributed by atoms with E-state index < -0.39 is 23.0 Å². The van der Waals surface area contributed by atoms with Crippen LogP contribution in [0.3, 0.4) is 0 Å². The van der Waals surface area contributed by atoms with Crippen LogP contribution in [0.25, 0.3) is 0 Å². The average Bonchev–Trinajstić information content (AvgIpc) is 3.00. The highest BCUT2D eigenvalue weighted by atomic mass is 16.4. The van der Waals surface area contributed by atoms with Gasteiger partial charge in [0.15, 0.2) is 5.78 Å². The smallest absolute Gasteiger partial charge is 0.326 e. The Morgan fingerprint density at radius 2 is 2.00 bits per heavy atom. The summed E-state index contributed by atoms with van der Waals surface area (Å²) in [4.78, 5) is 36.7. The summed E-state index contributed by atoms with van der Waals surface area (Å²) in [7, 11) is 0. The topological polar surface area (TPSA) is 94.9 Å². The number of allylic oxidation sites excluding steroid dienone is 3. The number of hydrogen-bond acceptors (Lipinski definition) is 4. The number of carboxylic acids is 1. The maximum atomic E-state index is 12.4. The second-order valence-corrected chi connectivity index (χ2v) is 7.87. The van der Waals surface area contributed by atoms with Crippen molar-refractivity contribution in [3.05, 3.63) is 35.5 Å². The summed E-state index contributed by atoms with van der Waals surface area (Å²) in [6.07, 6.45) is 7.50. The number of aliphatic hydroxyl groups is 1. The minimum absolute atomic E-state index is 0.0123. The van der Waals surface area contributed by atoms with E-state index in [1.54, 1.807) is 26.0 Å². The molecule has 26 heavy (non-hydrogen) atoms. The Balaban J connectivity index is 2.20. The zero-order valence-electron chi connectivity index (χ0n) is 15.8. The molecule has 6 heteroatoms. The second kappa shape index (κ2) is 7.19. The van der Waals surface area contributed by atoms with Crippen LogP contribution in [-0.4, -0.2) is 51.0 Å². The van der Waals surface area contributed by atoms with Crippen LogP contribution >= 0.6 is 0 Å². The van der Waals surface area contributed by atoms with E-state index in [0.29, 0.717) is 30.5 Å². The molecule has 2 N–H and O–H groups in total. The predicted molar refractivity (Wildman–Crippen MR) is 97.4 cm³/mol. The second-order valence-electron chi connectivity index (χ2n) is 7.87. The first-order valence-electron chi connectivity index (χ1n) is 8.83. The number of likely N-dealkylation sites (tertiary alicyclic amines) is 1. The van der Waals surface area contributed by atoms with Crippen LogP contribution in [0.15, 0.2) is 35.5 Å². The van der Waals surface area contributed by atoms with E-state index in [2.05, 4.69) is 0 Å². The van der Waals surface area contributed by atoms with Crippen molar-refractivity contribution >= 4 is 17.7 Å². The highest BCUT2D eigenvalue weighted by molar-refractivity contribution is 5.93. The number of rotatable bonds is 4. The van der Waals surface area contributed by atoms with Crippen molar-refractivity contribution in [3.8, 4) is 0 Å².